The molecule has 1 atom stereocenters. The van der Waals surface area contributed by atoms with Crippen LogP contribution >= 0.6 is 11.8 Å². The van der Waals surface area contributed by atoms with Crippen molar-refractivity contribution in [3.05, 3.63) is 24.3 Å². The summed E-state index contributed by atoms with van der Waals surface area (Å²) in [6.45, 7) is 1.91. The number of thioether (sulfide) groups is 1. The number of rotatable bonds is 5. The van der Waals surface area contributed by atoms with Gasteiger partial charge in [-0.25, -0.2) is 0 Å². The Morgan fingerprint density at radius 2 is 1.79 bits per heavy atom. The van der Waals surface area contributed by atoms with Gasteiger partial charge in [-0.05, 0) is 97.9 Å². The Morgan fingerprint density at radius 1 is 1.18 bits per heavy atom. The van der Waals surface area contributed by atoms with Crippen molar-refractivity contribution in [1.29, 1.82) is 0 Å². The fourth-order valence-corrected chi connectivity index (χ4v) is 6.65. The summed E-state index contributed by atoms with van der Waals surface area (Å²) in [4.78, 5) is 13.0. The van der Waals surface area contributed by atoms with Crippen LogP contribution in [0.2, 0.25) is 0 Å². The van der Waals surface area contributed by atoms with Gasteiger partial charge in [-0.3, -0.25) is 4.79 Å². The lowest BCUT2D eigenvalue weighted by atomic mass is 9.53. The van der Waals surface area contributed by atoms with E-state index in [1.807, 2.05) is 6.92 Å². The summed E-state index contributed by atoms with van der Waals surface area (Å²) >= 11 is 1.36. The first-order valence-electron chi connectivity index (χ1n) is 10.1. The van der Waals surface area contributed by atoms with Gasteiger partial charge < -0.3 is 10.4 Å². The quantitative estimate of drug-likeness (QED) is 0.751. The third-order valence-electron chi connectivity index (χ3n) is 6.61. The van der Waals surface area contributed by atoms with E-state index >= 15 is 0 Å². The molecule has 4 aliphatic rings. The van der Waals surface area contributed by atoms with Gasteiger partial charge in [0.1, 0.15) is 5.75 Å². The molecule has 0 saturated heterocycles. The summed E-state index contributed by atoms with van der Waals surface area (Å²) in [6.07, 6.45) is 7.52. The third-order valence-corrected chi connectivity index (χ3v) is 7.65. The summed E-state index contributed by atoms with van der Waals surface area (Å²) in [5.74, 6) is 2.67. The van der Waals surface area contributed by atoms with Crippen LogP contribution in [0.5, 0.6) is 5.75 Å². The largest absolute Gasteiger partial charge is 0.508 e. The van der Waals surface area contributed by atoms with Crippen molar-refractivity contribution in [1.82, 2.24) is 25.5 Å². The number of hydrogen-bond donors (Lipinski definition) is 2. The topological polar surface area (TPSA) is 92.9 Å². The van der Waals surface area contributed by atoms with E-state index < -0.39 is 0 Å². The van der Waals surface area contributed by atoms with Crippen molar-refractivity contribution in [2.45, 2.75) is 61.4 Å². The van der Waals surface area contributed by atoms with E-state index in [0.29, 0.717) is 5.16 Å². The molecule has 28 heavy (non-hydrogen) atoms. The van der Waals surface area contributed by atoms with Gasteiger partial charge >= 0.3 is 0 Å². The predicted molar refractivity (Wildman–Crippen MR) is 105 cm³/mol. The van der Waals surface area contributed by atoms with Crippen LogP contribution in [0.1, 0.15) is 45.4 Å². The molecule has 8 heteroatoms. The molecule has 0 aliphatic heterocycles. The van der Waals surface area contributed by atoms with Crippen LogP contribution < -0.4 is 5.32 Å². The Hall–Kier alpha value is -2.09. The smallest absolute Gasteiger partial charge is 0.233 e. The number of amides is 1. The standard InChI is InChI=1S/C20H25N5O2S/c1-12(28-19-22-23-24-25(19)16-2-4-17(26)5-3-16)18(27)21-20-9-13-6-14(10-20)8-15(7-13)11-20/h2-5,12-15,26H,6-11H2,1H3,(H,21,27)/t12-,13?,14?,15?,20?/m0/s1. The van der Waals surface area contributed by atoms with Crippen LogP contribution in [0.25, 0.3) is 5.69 Å². The van der Waals surface area contributed by atoms with Gasteiger partial charge in [-0.1, -0.05) is 11.8 Å². The molecule has 148 valence electrons. The van der Waals surface area contributed by atoms with E-state index in [2.05, 4.69) is 20.8 Å². The van der Waals surface area contributed by atoms with Gasteiger partial charge in [0.15, 0.2) is 0 Å². The van der Waals surface area contributed by atoms with E-state index in [0.717, 1.165) is 42.7 Å². The lowest BCUT2D eigenvalue weighted by Gasteiger charge is -2.57. The number of hydrogen-bond acceptors (Lipinski definition) is 6. The monoisotopic (exact) mass is 399 g/mol. The van der Waals surface area contributed by atoms with E-state index in [1.54, 1.807) is 28.9 Å². The van der Waals surface area contributed by atoms with E-state index in [-0.39, 0.29) is 22.4 Å². The lowest BCUT2D eigenvalue weighted by molar-refractivity contribution is -0.126. The zero-order valence-electron chi connectivity index (χ0n) is 15.9. The second-order valence-corrected chi connectivity index (χ2v) is 10.1. The summed E-state index contributed by atoms with van der Waals surface area (Å²) < 4.78 is 1.60. The normalized spacial score (nSPS) is 31.7. The molecule has 0 unspecified atom stereocenters. The molecule has 4 fully saturated rings. The van der Waals surface area contributed by atoms with Gasteiger partial charge in [0.2, 0.25) is 11.1 Å². The first-order chi connectivity index (χ1) is 13.5. The molecule has 7 nitrogen and oxygen atoms in total. The molecule has 0 radical (unpaired) electrons. The zero-order valence-corrected chi connectivity index (χ0v) is 16.7. The molecule has 4 bridgehead atoms. The molecular weight excluding hydrogens is 374 g/mol. The van der Waals surface area contributed by atoms with E-state index in [4.69, 9.17) is 0 Å². The Labute approximate surface area is 168 Å². The predicted octanol–water partition coefficient (Wildman–Crippen LogP) is 2.93. The highest BCUT2D eigenvalue weighted by molar-refractivity contribution is 8.00. The fourth-order valence-electron chi connectivity index (χ4n) is 5.85. The number of phenolic OH excluding ortho intramolecular Hbond substituents is 1. The van der Waals surface area contributed by atoms with Crippen molar-refractivity contribution >= 4 is 17.7 Å². The Bertz CT molecular complexity index is 846. The summed E-state index contributed by atoms with van der Waals surface area (Å²) in [6, 6.07) is 6.68. The van der Waals surface area contributed by atoms with E-state index in [9.17, 15) is 9.90 Å². The highest BCUT2D eigenvalue weighted by atomic mass is 32.2. The molecule has 1 heterocycles. The molecule has 1 amide bonds. The minimum absolute atomic E-state index is 0.0174. The Morgan fingerprint density at radius 3 is 2.39 bits per heavy atom. The summed E-state index contributed by atoms with van der Waals surface area (Å²) in [7, 11) is 0. The number of tetrazole rings is 1. The van der Waals surface area contributed by atoms with Crippen LogP contribution in [0.3, 0.4) is 0 Å². The van der Waals surface area contributed by atoms with Crippen LogP contribution in [0, 0.1) is 17.8 Å². The van der Waals surface area contributed by atoms with Crippen LogP contribution in [0.15, 0.2) is 29.4 Å². The lowest BCUT2D eigenvalue weighted by Crippen LogP contribution is -2.60. The van der Waals surface area contributed by atoms with Crippen molar-refractivity contribution in [2.24, 2.45) is 17.8 Å². The first kappa shape index (κ1) is 18.0. The van der Waals surface area contributed by atoms with Crippen LogP contribution in [0.4, 0.5) is 0 Å². The Kier molecular flexibility index (Phi) is 4.34. The first-order valence-corrected chi connectivity index (χ1v) is 10.9. The average Bonchev–Trinajstić information content (AvgIpc) is 3.09. The molecule has 0 spiro atoms. The van der Waals surface area contributed by atoms with Gasteiger partial charge in [0.05, 0.1) is 10.9 Å². The average molecular weight is 400 g/mol. The maximum Gasteiger partial charge on any atom is 0.233 e. The number of carbonyl (C=O) groups excluding carboxylic acids is 1. The number of aromatic hydroxyl groups is 1. The SMILES string of the molecule is C[C@H](Sc1nnnn1-c1ccc(O)cc1)C(=O)NC12CC3CC(CC(C3)C1)C2. The van der Waals surface area contributed by atoms with Gasteiger partial charge in [0.25, 0.3) is 0 Å². The third kappa shape index (κ3) is 3.27. The number of nitrogens with one attached hydrogen (secondary N) is 1. The van der Waals surface area contributed by atoms with Crippen molar-refractivity contribution in [2.75, 3.05) is 0 Å². The molecule has 2 aromatic rings. The zero-order chi connectivity index (χ0) is 19.3. The maximum absolute atomic E-state index is 13.0. The van der Waals surface area contributed by atoms with Gasteiger partial charge in [-0.2, -0.15) is 4.68 Å². The Balaban J connectivity index is 1.28. The molecule has 1 aromatic carbocycles. The second kappa shape index (κ2) is 6.76. The highest BCUT2D eigenvalue weighted by Gasteiger charge is 2.51. The minimum atomic E-state index is -0.283. The second-order valence-electron chi connectivity index (χ2n) is 8.84. The van der Waals surface area contributed by atoms with Crippen LogP contribution in [-0.2, 0) is 4.79 Å². The van der Waals surface area contributed by atoms with E-state index in [1.165, 1.54) is 31.0 Å². The molecule has 2 N–H and O–H groups in total. The van der Waals surface area contributed by atoms with Crippen molar-refractivity contribution in [3.8, 4) is 11.4 Å². The molecule has 4 saturated carbocycles. The maximum atomic E-state index is 13.0. The highest BCUT2D eigenvalue weighted by Crippen LogP contribution is 2.55. The van der Waals surface area contributed by atoms with Crippen molar-refractivity contribution < 1.29 is 9.90 Å². The number of phenols is 1. The summed E-state index contributed by atoms with van der Waals surface area (Å²) in [5, 5.41) is 25.1. The molecule has 4 aliphatic carbocycles. The number of nitrogens with zero attached hydrogens (tertiary/aromatic N) is 4. The van der Waals surface area contributed by atoms with Crippen molar-refractivity contribution in [3.63, 3.8) is 0 Å². The molecule has 1 aromatic heterocycles. The molecular formula is C20H25N5O2S. The number of benzene rings is 1. The van der Waals surface area contributed by atoms with Gasteiger partial charge in [-0.15, -0.1) is 5.10 Å². The number of carbonyl (C=O) groups is 1. The molecule has 6 rings (SSSR count). The number of aromatic nitrogens is 4. The summed E-state index contributed by atoms with van der Waals surface area (Å²) in [5.41, 5.74) is 0.766. The van der Waals surface area contributed by atoms with Crippen LogP contribution in [-0.4, -0.2) is 42.0 Å². The van der Waals surface area contributed by atoms with Gasteiger partial charge in [0, 0.05) is 5.54 Å². The fraction of sp³-hybridized carbons (Fsp3) is 0.600. The minimum Gasteiger partial charge on any atom is -0.508 e.